The van der Waals surface area contributed by atoms with Crippen LogP contribution in [0, 0.1) is 0 Å². The average molecular weight is 244 g/mol. The lowest BCUT2D eigenvalue weighted by molar-refractivity contribution is 0.210. The first-order chi connectivity index (χ1) is 8.75. The molecule has 0 spiro atoms. The molecule has 96 valence electrons. The Morgan fingerprint density at radius 2 is 1.94 bits per heavy atom. The lowest BCUT2D eigenvalue weighted by atomic mass is 10.2. The zero-order valence-electron chi connectivity index (χ0n) is 10.9. The van der Waals surface area contributed by atoms with Gasteiger partial charge in [0.25, 0.3) is 0 Å². The minimum atomic E-state index is -0.0433. The number of hydrogen-bond donors (Lipinski definition) is 1. The molecule has 0 bridgehead atoms. The molecule has 2 amide bonds. The molecular weight excluding hydrogens is 224 g/mol. The van der Waals surface area contributed by atoms with E-state index in [1.807, 2.05) is 43.6 Å². The highest BCUT2D eigenvalue weighted by Gasteiger charge is 2.09. The Hall–Kier alpha value is -1.77. The van der Waals surface area contributed by atoms with Crippen molar-refractivity contribution in [3.63, 3.8) is 0 Å². The fourth-order valence-electron chi connectivity index (χ4n) is 2.18. The van der Waals surface area contributed by atoms with Gasteiger partial charge in [-0.25, -0.2) is 4.79 Å². The Balaban J connectivity index is 1.83. The van der Waals surface area contributed by atoms with Crippen LogP contribution in [0.15, 0.2) is 42.1 Å². The molecule has 0 radical (unpaired) electrons. The summed E-state index contributed by atoms with van der Waals surface area (Å²) >= 11 is 0. The number of nitrogens with one attached hydrogen (secondary N) is 1. The normalized spacial score (nSPS) is 14.4. The molecule has 1 N–H and O–H groups in total. The number of benzene rings is 1. The van der Waals surface area contributed by atoms with Crippen LogP contribution in [-0.2, 0) is 6.54 Å². The van der Waals surface area contributed by atoms with Gasteiger partial charge < -0.3 is 10.2 Å². The first-order valence-corrected chi connectivity index (χ1v) is 6.49. The second-order valence-corrected chi connectivity index (χ2v) is 4.80. The first-order valence-electron chi connectivity index (χ1n) is 6.49. The Morgan fingerprint density at radius 3 is 2.61 bits per heavy atom. The van der Waals surface area contributed by atoms with Gasteiger partial charge in [-0.15, -0.1) is 0 Å². The van der Waals surface area contributed by atoms with Crippen LogP contribution in [-0.4, -0.2) is 18.0 Å². The van der Waals surface area contributed by atoms with Crippen molar-refractivity contribution in [1.29, 1.82) is 0 Å². The molecule has 0 atom stereocenters. The van der Waals surface area contributed by atoms with Gasteiger partial charge in [0.05, 0.1) is 0 Å². The van der Waals surface area contributed by atoms with Crippen LogP contribution in [0.25, 0.3) is 0 Å². The van der Waals surface area contributed by atoms with E-state index in [0.717, 1.165) is 18.4 Å². The van der Waals surface area contributed by atoms with Crippen LogP contribution in [0.5, 0.6) is 0 Å². The summed E-state index contributed by atoms with van der Waals surface area (Å²) in [5.74, 6) is 0. The highest BCUT2D eigenvalue weighted by atomic mass is 16.2. The molecule has 3 heteroatoms. The Kier molecular flexibility index (Phi) is 4.40. The first kappa shape index (κ1) is 12.7. The highest BCUT2D eigenvalue weighted by Crippen LogP contribution is 2.22. The number of amides is 2. The Bertz CT molecular complexity index is 417. The largest absolute Gasteiger partial charge is 0.323 e. The molecule has 3 nitrogen and oxygen atoms in total. The van der Waals surface area contributed by atoms with Crippen molar-refractivity contribution in [2.24, 2.45) is 0 Å². The van der Waals surface area contributed by atoms with E-state index in [4.69, 9.17) is 0 Å². The maximum absolute atomic E-state index is 11.9. The molecule has 0 aromatic heterocycles. The van der Waals surface area contributed by atoms with E-state index in [9.17, 15) is 4.79 Å². The van der Waals surface area contributed by atoms with Gasteiger partial charge in [-0.1, -0.05) is 35.9 Å². The molecule has 1 fully saturated rings. The van der Waals surface area contributed by atoms with Gasteiger partial charge in [0, 0.05) is 19.8 Å². The number of allylic oxidation sites excluding steroid dienone is 1. The van der Waals surface area contributed by atoms with Gasteiger partial charge in [0.15, 0.2) is 0 Å². The zero-order valence-corrected chi connectivity index (χ0v) is 10.9. The topological polar surface area (TPSA) is 32.3 Å². The summed E-state index contributed by atoms with van der Waals surface area (Å²) in [7, 11) is 1.81. The minimum absolute atomic E-state index is 0.0433. The quantitative estimate of drug-likeness (QED) is 0.869. The number of carbonyl (C=O) groups is 1. The van der Waals surface area contributed by atoms with Crippen LogP contribution in [0.3, 0.4) is 0 Å². The predicted molar refractivity (Wildman–Crippen MR) is 73.0 cm³/mol. The van der Waals surface area contributed by atoms with E-state index >= 15 is 0 Å². The lowest BCUT2D eigenvalue weighted by Gasteiger charge is -2.16. The third kappa shape index (κ3) is 3.62. The molecule has 1 aliphatic rings. The van der Waals surface area contributed by atoms with Crippen molar-refractivity contribution in [3.8, 4) is 0 Å². The van der Waals surface area contributed by atoms with Crippen LogP contribution in [0.2, 0.25) is 0 Å². The number of nitrogens with zero attached hydrogens (tertiary/aromatic N) is 1. The van der Waals surface area contributed by atoms with Gasteiger partial charge in [-0.2, -0.15) is 0 Å². The van der Waals surface area contributed by atoms with E-state index in [-0.39, 0.29) is 6.03 Å². The van der Waals surface area contributed by atoms with Gasteiger partial charge in [-0.3, -0.25) is 0 Å². The number of urea groups is 1. The molecule has 1 aromatic carbocycles. The van der Waals surface area contributed by atoms with Gasteiger partial charge >= 0.3 is 6.03 Å². The van der Waals surface area contributed by atoms with Crippen molar-refractivity contribution >= 4 is 6.03 Å². The maximum Gasteiger partial charge on any atom is 0.321 e. The van der Waals surface area contributed by atoms with Crippen LogP contribution in [0.1, 0.15) is 31.2 Å². The second-order valence-electron chi connectivity index (χ2n) is 4.80. The highest BCUT2D eigenvalue weighted by molar-refractivity contribution is 5.75. The van der Waals surface area contributed by atoms with Gasteiger partial charge in [0.1, 0.15) is 0 Å². The van der Waals surface area contributed by atoms with E-state index < -0.39 is 0 Å². The van der Waals surface area contributed by atoms with Gasteiger partial charge in [0.2, 0.25) is 0 Å². The molecule has 18 heavy (non-hydrogen) atoms. The molecule has 0 unspecified atom stereocenters. The molecule has 0 aliphatic heterocycles. The predicted octanol–water partition coefficient (Wildman–Crippen LogP) is 3.29. The summed E-state index contributed by atoms with van der Waals surface area (Å²) in [5, 5.41) is 2.87. The summed E-state index contributed by atoms with van der Waals surface area (Å²) in [4.78, 5) is 13.6. The van der Waals surface area contributed by atoms with Crippen molar-refractivity contribution < 1.29 is 4.79 Å². The minimum Gasteiger partial charge on any atom is -0.323 e. The summed E-state index contributed by atoms with van der Waals surface area (Å²) < 4.78 is 0. The van der Waals surface area contributed by atoms with Crippen molar-refractivity contribution in [2.45, 2.75) is 32.2 Å². The van der Waals surface area contributed by atoms with Crippen molar-refractivity contribution in [3.05, 3.63) is 47.7 Å². The molecular formula is C15H20N2O. The van der Waals surface area contributed by atoms with Crippen molar-refractivity contribution in [2.75, 3.05) is 7.05 Å². The van der Waals surface area contributed by atoms with Crippen LogP contribution >= 0.6 is 0 Å². The molecule has 1 saturated carbocycles. The molecule has 1 aliphatic carbocycles. The Labute approximate surface area is 108 Å². The lowest BCUT2D eigenvalue weighted by Crippen LogP contribution is -2.34. The zero-order chi connectivity index (χ0) is 12.8. The van der Waals surface area contributed by atoms with E-state index in [1.54, 1.807) is 4.90 Å². The third-order valence-electron chi connectivity index (χ3n) is 3.25. The van der Waals surface area contributed by atoms with Crippen LogP contribution < -0.4 is 5.32 Å². The SMILES string of the molecule is CN(Cc1ccccc1)C(=O)NC=C1CCCC1. The van der Waals surface area contributed by atoms with Crippen LogP contribution in [0.4, 0.5) is 4.79 Å². The summed E-state index contributed by atoms with van der Waals surface area (Å²) in [6.07, 6.45) is 6.64. The van der Waals surface area contributed by atoms with E-state index in [0.29, 0.717) is 6.54 Å². The molecule has 2 rings (SSSR count). The Morgan fingerprint density at radius 1 is 1.28 bits per heavy atom. The summed E-state index contributed by atoms with van der Waals surface area (Å²) in [5.41, 5.74) is 2.50. The van der Waals surface area contributed by atoms with E-state index in [1.165, 1.54) is 18.4 Å². The second kappa shape index (κ2) is 6.24. The smallest absolute Gasteiger partial charge is 0.321 e. The molecule has 0 heterocycles. The monoisotopic (exact) mass is 244 g/mol. The number of carbonyl (C=O) groups excluding carboxylic acids is 1. The maximum atomic E-state index is 11.9. The van der Waals surface area contributed by atoms with E-state index in [2.05, 4.69) is 5.32 Å². The number of hydrogen-bond acceptors (Lipinski definition) is 1. The van der Waals surface area contributed by atoms with Gasteiger partial charge in [-0.05, 0) is 31.2 Å². The summed E-state index contributed by atoms with van der Waals surface area (Å²) in [6.45, 7) is 0.635. The molecule has 1 aromatic rings. The average Bonchev–Trinajstić information content (AvgIpc) is 2.90. The van der Waals surface area contributed by atoms with Crippen molar-refractivity contribution in [1.82, 2.24) is 10.2 Å². The molecule has 0 saturated heterocycles. The fraction of sp³-hybridized carbons (Fsp3) is 0.400. The number of rotatable bonds is 3. The summed E-state index contributed by atoms with van der Waals surface area (Å²) in [6, 6.07) is 9.97. The standard InChI is InChI=1S/C15H20N2O/c1-17(12-14-9-3-2-4-10-14)15(18)16-11-13-7-5-6-8-13/h2-4,9-11H,5-8,12H2,1H3,(H,16,18). The third-order valence-corrected chi connectivity index (χ3v) is 3.25. The fourth-order valence-corrected chi connectivity index (χ4v) is 2.18.